The monoisotopic (exact) mass is 811 g/mol. The molecule has 6 atom stereocenters. The molecule has 2 unspecified atom stereocenters. The fraction of sp³-hybridized carbons (Fsp3) is 0.872. The number of ether oxygens (including phenoxy) is 4. The number of allylic oxidation sites excluding steroid dienone is 4. The highest BCUT2D eigenvalue weighted by atomic mass is 16.7. The third-order valence-corrected chi connectivity index (χ3v) is 10.8. The highest BCUT2D eigenvalue weighted by molar-refractivity contribution is 5.70. The van der Waals surface area contributed by atoms with E-state index in [1.807, 2.05) is 6.08 Å². The van der Waals surface area contributed by atoms with E-state index in [9.17, 15) is 30.0 Å². The lowest BCUT2D eigenvalue weighted by Crippen LogP contribution is -2.59. The molecule has 0 amide bonds. The number of hydrogen-bond acceptors (Lipinski definition) is 10. The van der Waals surface area contributed by atoms with Crippen LogP contribution in [-0.2, 0) is 28.5 Å². The van der Waals surface area contributed by atoms with Crippen molar-refractivity contribution in [2.45, 2.75) is 243 Å². The molecule has 334 valence electrons. The Morgan fingerprint density at radius 1 is 0.526 bits per heavy atom. The van der Waals surface area contributed by atoms with Crippen molar-refractivity contribution in [3.8, 4) is 0 Å². The van der Waals surface area contributed by atoms with E-state index < -0.39 is 55.4 Å². The summed E-state index contributed by atoms with van der Waals surface area (Å²) in [5, 5.41) is 40.1. The first kappa shape index (κ1) is 53.2. The topological polar surface area (TPSA) is 152 Å². The van der Waals surface area contributed by atoms with Gasteiger partial charge < -0.3 is 39.4 Å². The zero-order valence-corrected chi connectivity index (χ0v) is 36.3. The predicted octanol–water partition coefficient (Wildman–Crippen LogP) is 10.1. The van der Waals surface area contributed by atoms with Crippen molar-refractivity contribution in [3.63, 3.8) is 0 Å². The van der Waals surface area contributed by atoms with E-state index >= 15 is 0 Å². The lowest BCUT2D eigenvalue weighted by Gasteiger charge is -2.39. The minimum Gasteiger partial charge on any atom is -0.462 e. The largest absolute Gasteiger partial charge is 0.462 e. The van der Waals surface area contributed by atoms with E-state index in [1.54, 1.807) is 0 Å². The quantitative estimate of drug-likeness (QED) is 0.0268. The van der Waals surface area contributed by atoms with Crippen molar-refractivity contribution in [2.75, 3.05) is 19.8 Å². The number of hydrogen-bond donors (Lipinski definition) is 4. The summed E-state index contributed by atoms with van der Waals surface area (Å²) in [4.78, 5) is 25.3. The van der Waals surface area contributed by atoms with E-state index in [1.165, 1.54) is 128 Å². The number of rotatable bonds is 39. The molecule has 0 aromatic heterocycles. The lowest BCUT2D eigenvalue weighted by molar-refractivity contribution is -0.305. The van der Waals surface area contributed by atoms with Gasteiger partial charge in [-0.1, -0.05) is 167 Å². The summed E-state index contributed by atoms with van der Waals surface area (Å²) in [5.74, 6) is -0.862. The average molecular weight is 811 g/mol. The van der Waals surface area contributed by atoms with Crippen molar-refractivity contribution >= 4 is 11.9 Å². The van der Waals surface area contributed by atoms with Crippen molar-refractivity contribution in [3.05, 3.63) is 24.3 Å². The normalized spacial score (nSPS) is 20.4. The molecule has 57 heavy (non-hydrogen) atoms. The molecular weight excluding hydrogens is 725 g/mol. The van der Waals surface area contributed by atoms with Gasteiger partial charge in [0.25, 0.3) is 0 Å². The van der Waals surface area contributed by atoms with Gasteiger partial charge in [0.2, 0.25) is 0 Å². The van der Waals surface area contributed by atoms with Gasteiger partial charge in [-0.25, -0.2) is 0 Å². The molecule has 10 nitrogen and oxygen atoms in total. The van der Waals surface area contributed by atoms with E-state index in [2.05, 4.69) is 32.1 Å². The van der Waals surface area contributed by atoms with Gasteiger partial charge in [0.15, 0.2) is 12.4 Å². The summed E-state index contributed by atoms with van der Waals surface area (Å²) < 4.78 is 22.1. The van der Waals surface area contributed by atoms with Gasteiger partial charge in [-0.15, -0.1) is 0 Å². The smallest absolute Gasteiger partial charge is 0.306 e. The number of aliphatic hydroxyl groups is 4. The van der Waals surface area contributed by atoms with Crippen LogP contribution in [0, 0.1) is 0 Å². The molecule has 0 spiro atoms. The third kappa shape index (κ3) is 30.0. The van der Waals surface area contributed by atoms with Crippen molar-refractivity contribution in [1.29, 1.82) is 0 Å². The van der Waals surface area contributed by atoms with E-state index in [0.29, 0.717) is 12.8 Å². The molecule has 0 saturated carbocycles. The van der Waals surface area contributed by atoms with Crippen LogP contribution in [0.2, 0.25) is 0 Å². The van der Waals surface area contributed by atoms with Crippen LogP contribution in [-0.4, -0.2) is 89.0 Å². The maximum Gasteiger partial charge on any atom is 0.306 e. The van der Waals surface area contributed by atoms with Crippen LogP contribution in [0.5, 0.6) is 0 Å². The van der Waals surface area contributed by atoms with Crippen molar-refractivity contribution < 1.29 is 49.0 Å². The van der Waals surface area contributed by atoms with Crippen LogP contribution in [0.3, 0.4) is 0 Å². The Bertz CT molecular complexity index is 985. The van der Waals surface area contributed by atoms with Crippen molar-refractivity contribution in [1.82, 2.24) is 0 Å². The average Bonchev–Trinajstić information content (AvgIpc) is 3.21. The van der Waals surface area contributed by atoms with E-state index in [-0.39, 0.29) is 26.1 Å². The first-order valence-corrected chi connectivity index (χ1v) is 23.4. The van der Waals surface area contributed by atoms with Gasteiger partial charge >= 0.3 is 11.9 Å². The fourth-order valence-electron chi connectivity index (χ4n) is 7.08. The Morgan fingerprint density at radius 2 is 0.965 bits per heavy atom. The highest BCUT2D eigenvalue weighted by Crippen LogP contribution is 2.23. The first-order chi connectivity index (χ1) is 27.8. The van der Waals surface area contributed by atoms with Crippen LogP contribution in [0.15, 0.2) is 24.3 Å². The predicted molar refractivity (Wildman–Crippen MR) is 229 cm³/mol. The Labute approximate surface area is 347 Å². The number of unbranched alkanes of at least 4 members (excludes halogenated alkanes) is 24. The summed E-state index contributed by atoms with van der Waals surface area (Å²) in [7, 11) is 0. The zero-order valence-electron chi connectivity index (χ0n) is 36.3. The van der Waals surface area contributed by atoms with Crippen LogP contribution >= 0.6 is 0 Å². The van der Waals surface area contributed by atoms with Crippen LogP contribution in [0.1, 0.15) is 206 Å². The highest BCUT2D eigenvalue weighted by Gasteiger charge is 2.44. The maximum absolute atomic E-state index is 12.8. The zero-order chi connectivity index (χ0) is 41.6. The fourth-order valence-corrected chi connectivity index (χ4v) is 7.08. The summed E-state index contributed by atoms with van der Waals surface area (Å²) >= 11 is 0. The summed E-state index contributed by atoms with van der Waals surface area (Å²) in [6.45, 7) is 3.39. The second kappa shape index (κ2) is 38.4. The van der Waals surface area contributed by atoms with Gasteiger partial charge in [-0.2, -0.15) is 0 Å². The Balaban J connectivity index is 2.33. The molecule has 1 aliphatic rings. The van der Waals surface area contributed by atoms with E-state index in [0.717, 1.165) is 38.5 Å². The molecule has 0 aromatic carbocycles. The number of carbonyl (C=O) groups is 2. The molecule has 1 rings (SSSR count). The SMILES string of the molecule is CCCCCCCC/C=C/CCCCCCCCCC(=O)O[C@H](COC(=O)CC/C=C/CCCCCCCCCCCCC)CO[C@@H]1O[C@H](CO)[C@H](O)C(O)C1O. The summed E-state index contributed by atoms with van der Waals surface area (Å²) in [6, 6.07) is 0. The van der Waals surface area contributed by atoms with Crippen molar-refractivity contribution in [2.24, 2.45) is 0 Å². The first-order valence-electron chi connectivity index (χ1n) is 23.4. The Hall–Kier alpha value is -1.82. The molecule has 4 N–H and O–H groups in total. The van der Waals surface area contributed by atoms with Gasteiger partial charge in [0, 0.05) is 12.8 Å². The molecule has 1 aliphatic heterocycles. The summed E-state index contributed by atoms with van der Waals surface area (Å²) in [5.41, 5.74) is 0. The van der Waals surface area contributed by atoms with Gasteiger partial charge in [-0.05, 0) is 51.4 Å². The lowest BCUT2D eigenvalue weighted by atomic mass is 9.99. The third-order valence-electron chi connectivity index (χ3n) is 10.8. The molecular formula is C47H86O10. The number of esters is 2. The van der Waals surface area contributed by atoms with Gasteiger partial charge in [-0.3, -0.25) is 9.59 Å². The Morgan fingerprint density at radius 3 is 1.44 bits per heavy atom. The Kier molecular flexibility index (Phi) is 35.8. The minimum atomic E-state index is -1.60. The number of carbonyl (C=O) groups excluding carboxylic acids is 2. The summed E-state index contributed by atoms with van der Waals surface area (Å²) in [6.07, 6.45) is 34.8. The molecule has 1 fully saturated rings. The molecule has 0 radical (unpaired) electrons. The second-order valence-corrected chi connectivity index (χ2v) is 16.2. The molecule has 0 bridgehead atoms. The standard InChI is InChI=1S/C47H86O10/c1-3-5-7-9-11-13-15-17-19-20-22-24-26-28-30-32-34-36-43(50)56-40(39-55-47-46(53)45(52)44(51)41(37-48)57-47)38-54-42(49)35-33-31-29-27-25-23-21-18-16-14-12-10-8-6-4-2/h17,19,29,31,40-41,44-48,51-53H,3-16,18,20-28,30,32-39H2,1-2H3/b19-17+,31-29+/t40-,41-,44+,45?,46?,47-/m1/s1. The van der Waals surface area contributed by atoms with Crippen LogP contribution < -0.4 is 0 Å². The molecule has 1 saturated heterocycles. The van der Waals surface area contributed by atoms with Crippen LogP contribution in [0.25, 0.3) is 0 Å². The molecule has 1 heterocycles. The molecule has 10 heteroatoms. The van der Waals surface area contributed by atoms with Gasteiger partial charge in [0.05, 0.1) is 13.2 Å². The molecule has 0 aromatic rings. The van der Waals surface area contributed by atoms with E-state index in [4.69, 9.17) is 18.9 Å². The number of aliphatic hydroxyl groups excluding tert-OH is 4. The maximum atomic E-state index is 12.8. The minimum absolute atomic E-state index is 0.193. The van der Waals surface area contributed by atoms with Crippen LogP contribution in [0.4, 0.5) is 0 Å². The second-order valence-electron chi connectivity index (χ2n) is 16.2. The molecule has 0 aliphatic carbocycles. The van der Waals surface area contributed by atoms with Gasteiger partial charge in [0.1, 0.15) is 31.0 Å².